The fraction of sp³-hybridized carbons (Fsp3) is 0.667. The van der Waals surface area contributed by atoms with Gasteiger partial charge in [-0.3, -0.25) is 0 Å². The molecule has 0 saturated heterocycles. The van der Waals surface area contributed by atoms with Crippen LogP contribution in [0.4, 0.5) is 0 Å². The van der Waals surface area contributed by atoms with E-state index in [2.05, 4.69) is 66.0 Å². The highest BCUT2D eigenvalue weighted by Crippen LogP contribution is 2.39. The van der Waals surface area contributed by atoms with E-state index in [0.717, 1.165) is 6.54 Å². The lowest BCUT2D eigenvalue weighted by Gasteiger charge is -2.41. The van der Waals surface area contributed by atoms with E-state index in [9.17, 15) is 0 Å². The first-order valence-corrected chi connectivity index (χ1v) is 9.20. The van der Waals surface area contributed by atoms with Gasteiger partial charge in [0.05, 0.1) is 0 Å². The number of hydrogen-bond donors (Lipinski definition) is 1. The fourth-order valence-corrected chi connectivity index (χ4v) is 3.81. The molecule has 1 saturated carbocycles. The highest BCUT2D eigenvalue weighted by Gasteiger charge is 2.34. The van der Waals surface area contributed by atoms with E-state index >= 15 is 0 Å². The van der Waals surface area contributed by atoms with Crippen LogP contribution in [0, 0.1) is 8.99 Å². The Labute approximate surface area is 138 Å². The van der Waals surface area contributed by atoms with E-state index in [-0.39, 0.29) is 0 Å². The van der Waals surface area contributed by atoms with Gasteiger partial charge in [-0.05, 0) is 77.9 Å². The molecule has 0 spiro atoms. The molecule has 0 aromatic heterocycles. The molecule has 1 unspecified atom stereocenters. The van der Waals surface area contributed by atoms with Gasteiger partial charge in [0, 0.05) is 9.61 Å². The summed E-state index contributed by atoms with van der Waals surface area (Å²) < 4.78 is 1.33. The normalized spacial score (nSPS) is 19.8. The maximum atomic E-state index is 3.84. The lowest BCUT2D eigenvalue weighted by Crippen LogP contribution is -2.46. The Morgan fingerprint density at radius 2 is 1.80 bits per heavy atom. The second kappa shape index (κ2) is 7.79. The first kappa shape index (κ1) is 16.3. The van der Waals surface area contributed by atoms with E-state index < -0.39 is 0 Å². The van der Waals surface area contributed by atoms with Crippen LogP contribution < -0.4 is 5.32 Å². The number of halogens is 1. The molecule has 1 N–H and O–H groups in total. The van der Waals surface area contributed by atoms with Crippen molar-refractivity contribution in [2.24, 2.45) is 5.41 Å². The van der Waals surface area contributed by atoms with E-state index in [4.69, 9.17) is 0 Å². The molecule has 0 amide bonds. The van der Waals surface area contributed by atoms with Crippen LogP contribution in [0.25, 0.3) is 0 Å². The Morgan fingerprint density at radius 3 is 2.40 bits per heavy atom. The Kier molecular flexibility index (Phi) is 6.34. The third kappa shape index (κ3) is 4.45. The summed E-state index contributed by atoms with van der Waals surface area (Å²) in [5.41, 5.74) is 1.96. The highest BCUT2D eigenvalue weighted by molar-refractivity contribution is 14.1. The zero-order valence-electron chi connectivity index (χ0n) is 12.9. The summed E-state index contributed by atoms with van der Waals surface area (Å²) in [4.78, 5) is 0. The molecular weight excluding hydrogens is 357 g/mol. The van der Waals surface area contributed by atoms with Crippen molar-refractivity contribution < 1.29 is 0 Å². The molecule has 1 aliphatic rings. The summed E-state index contributed by atoms with van der Waals surface area (Å²) in [6.45, 7) is 5.91. The van der Waals surface area contributed by atoms with Crippen molar-refractivity contribution in [3.8, 4) is 0 Å². The van der Waals surface area contributed by atoms with Gasteiger partial charge >= 0.3 is 0 Å². The SMILES string of the molecule is CCCNC(Cc1ccc(I)cc1)C1(C)CCCCC1. The van der Waals surface area contributed by atoms with E-state index in [1.165, 1.54) is 54.1 Å². The molecule has 1 nitrogen and oxygen atoms in total. The Morgan fingerprint density at radius 1 is 1.15 bits per heavy atom. The van der Waals surface area contributed by atoms with Crippen LogP contribution in [0.1, 0.15) is 57.9 Å². The monoisotopic (exact) mass is 385 g/mol. The van der Waals surface area contributed by atoms with Gasteiger partial charge in [0.25, 0.3) is 0 Å². The van der Waals surface area contributed by atoms with Gasteiger partial charge < -0.3 is 5.32 Å². The van der Waals surface area contributed by atoms with Crippen LogP contribution in [0.3, 0.4) is 0 Å². The first-order chi connectivity index (χ1) is 9.64. The summed E-state index contributed by atoms with van der Waals surface area (Å²) in [7, 11) is 0. The highest BCUT2D eigenvalue weighted by atomic mass is 127. The molecule has 0 heterocycles. The summed E-state index contributed by atoms with van der Waals surface area (Å²) in [5, 5.41) is 3.84. The number of benzene rings is 1. The van der Waals surface area contributed by atoms with Crippen LogP contribution in [0.5, 0.6) is 0 Å². The second-order valence-corrected chi connectivity index (χ2v) is 7.80. The Hall–Kier alpha value is -0.0900. The molecule has 0 radical (unpaired) electrons. The summed E-state index contributed by atoms with van der Waals surface area (Å²) >= 11 is 2.38. The van der Waals surface area contributed by atoms with Gasteiger partial charge in [-0.1, -0.05) is 45.2 Å². The third-order valence-electron chi connectivity index (χ3n) is 4.83. The van der Waals surface area contributed by atoms with Gasteiger partial charge in [0.15, 0.2) is 0 Å². The van der Waals surface area contributed by atoms with E-state index in [1.54, 1.807) is 0 Å². The van der Waals surface area contributed by atoms with Gasteiger partial charge in [-0.2, -0.15) is 0 Å². The number of hydrogen-bond acceptors (Lipinski definition) is 1. The molecule has 1 aromatic carbocycles. The minimum absolute atomic E-state index is 0.483. The van der Waals surface area contributed by atoms with Gasteiger partial charge in [0.2, 0.25) is 0 Å². The molecule has 1 aliphatic carbocycles. The van der Waals surface area contributed by atoms with Crippen molar-refractivity contribution in [3.05, 3.63) is 33.4 Å². The van der Waals surface area contributed by atoms with Gasteiger partial charge in [0.1, 0.15) is 0 Å². The molecule has 1 fully saturated rings. The molecule has 1 aromatic rings. The van der Waals surface area contributed by atoms with E-state index in [0.29, 0.717) is 11.5 Å². The van der Waals surface area contributed by atoms with Crippen LogP contribution in [-0.2, 0) is 6.42 Å². The van der Waals surface area contributed by atoms with Crippen molar-refractivity contribution in [2.75, 3.05) is 6.54 Å². The standard InChI is InChI=1S/C18H28IN/c1-3-13-20-17(18(2)11-5-4-6-12-18)14-15-7-9-16(19)10-8-15/h7-10,17,20H,3-6,11-14H2,1-2H3. The maximum Gasteiger partial charge on any atom is 0.0161 e. The first-order valence-electron chi connectivity index (χ1n) is 8.12. The maximum absolute atomic E-state index is 3.84. The van der Waals surface area contributed by atoms with Gasteiger partial charge in [-0.25, -0.2) is 0 Å². The predicted octanol–water partition coefficient (Wildman–Crippen LogP) is 5.17. The number of nitrogens with one attached hydrogen (secondary N) is 1. The molecule has 20 heavy (non-hydrogen) atoms. The van der Waals surface area contributed by atoms with Crippen LogP contribution in [0.15, 0.2) is 24.3 Å². The van der Waals surface area contributed by atoms with Crippen LogP contribution in [-0.4, -0.2) is 12.6 Å². The van der Waals surface area contributed by atoms with Crippen molar-refractivity contribution in [2.45, 2.75) is 64.8 Å². The van der Waals surface area contributed by atoms with E-state index in [1.807, 2.05) is 0 Å². The lowest BCUT2D eigenvalue weighted by molar-refractivity contribution is 0.143. The Bertz CT molecular complexity index is 392. The van der Waals surface area contributed by atoms with Crippen LogP contribution in [0.2, 0.25) is 0 Å². The molecule has 0 bridgehead atoms. The van der Waals surface area contributed by atoms with Gasteiger partial charge in [-0.15, -0.1) is 0 Å². The number of rotatable bonds is 6. The minimum Gasteiger partial charge on any atom is -0.313 e. The topological polar surface area (TPSA) is 12.0 Å². The zero-order valence-corrected chi connectivity index (χ0v) is 15.1. The second-order valence-electron chi connectivity index (χ2n) is 6.55. The van der Waals surface area contributed by atoms with Crippen molar-refractivity contribution >= 4 is 22.6 Å². The van der Waals surface area contributed by atoms with Crippen molar-refractivity contribution in [1.29, 1.82) is 0 Å². The van der Waals surface area contributed by atoms with Crippen molar-refractivity contribution in [1.82, 2.24) is 5.32 Å². The Balaban J connectivity index is 2.07. The molecule has 112 valence electrons. The predicted molar refractivity (Wildman–Crippen MR) is 96.1 cm³/mol. The zero-order chi connectivity index (χ0) is 14.4. The van der Waals surface area contributed by atoms with Crippen molar-refractivity contribution in [3.63, 3.8) is 0 Å². The quantitative estimate of drug-likeness (QED) is 0.666. The molecule has 2 heteroatoms. The molecule has 0 aliphatic heterocycles. The summed E-state index contributed by atoms with van der Waals surface area (Å²) in [6.07, 6.45) is 9.42. The summed E-state index contributed by atoms with van der Waals surface area (Å²) in [6, 6.07) is 9.69. The van der Waals surface area contributed by atoms with Crippen LogP contribution >= 0.6 is 22.6 Å². The lowest BCUT2D eigenvalue weighted by atomic mass is 9.69. The third-order valence-corrected chi connectivity index (χ3v) is 5.55. The average molecular weight is 385 g/mol. The molecular formula is C18H28IN. The minimum atomic E-state index is 0.483. The smallest absolute Gasteiger partial charge is 0.0161 e. The molecule has 2 rings (SSSR count). The summed E-state index contributed by atoms with van der Waals surface area (Å²) in [5.74, 6) is 0. The molecule has 1 atom stereocenters. The average Bonchev–Trinajstić information content (AvgIpc) is 2.46. The fourth-order valence-electron chi connectivity index (χ4n) is 3.45. The largest absolute Gasteiger partial charge is 0.313 e.